The molecule has 0 heterocycles. The summed E-state index contributed by atoms with van der Waals surface area (Å²) in [6.07, 6.45) is 16.6. The van der Waals surface area contributed by atoms with Gasteiger partial charge < -0.3 is 56.8 Å². The second kappa shape index (κ2) is 44.3. The molecule has 0 aliphatic carbocycles. The van der Waals surface area contributed by atoms with E-state index in [1.807, 2.05) is 0 Å². The zero-order valence-corrected chi connectivity index (χ0v) is 38.1. The maximum absolute atomic E-state index is 13.6. The van der Waals surface area contributed by atoms with Crippen LogP contribution in [0.15, 0.2) is 0 Å². The Morgan fingerprint density at radius 3 is 0.906 bits per heavy atom. The lowest BCUT2D eigenvalue weighted by Crippen LogP contribution is -2.16. The highest BCUT2D eigenvalue weighted by molar-refractivity contribution is 5.72. The van der Waals surface area contributed by atoms with Crippen molar-refractivity contribution >= 4 is 11.9 Å². The molecule has 0 saturated heterocycles. The van der Waals surface area contributed by atoms with Crippen LogP contribution >= 0.6 is 0 Å². The molecule has 0 aromatic heterocycles. The molecule has 0 spiro atoms. The van der Waals surface area contributed by atoms with Gasteiger partial charge in [0.2, 0.25) is 34.8 Å². The molecule has 0 saturated carbocycles. The number of rotatable bonds is 48. The number of carbonyl (C=O) groups is 2. The van der Waals surface area contributed by atoms with Crippen molar-refractivity contribution in [2.75, 3.05) is 139 Å². The van der Waals surface area contributed by atoms with Crippen LogP contribution in [0.3, 0.4) is 0 Å². The molecule has 64 heavy (non-hydrogen) atoms. The number of ether oxygens (including phenoxy) is 12. The van der Waals surface area contributed by atoms with Gasteiger partial charge in [0, 0.05) is 6.42 Å². The molecule has 0 radical (unpaired) electrons. The monoisotopic (exact) mass is 935 g/mol. The van der Waals surface area contributed by atoms with E-state index in [-0.39, 0.29) is 39.0 Å². The summed E-state index contributed by atoms with van der Waals surface area (Å²) in [5.74, 6) is -14.3. The zero-order valence-electron chi connectivity index (χ0n) is 38.1. The standard InChI is InChI=1S/C45H75F5O14/c1-2-3-4-5-6-7-8-9-10-11-12-13-14-15-38(51)63-37-36-62-35-34-61-33-32-60-31-30-59-29-28-58-27-26-57-25-24-56-23-22-55-21-20-54-19-18-53-17-16-39(52)64-45-43(49)41(47)40(46)42(48)44(45)50/h2-37H2,1H3. The van der Waals surface area contributed by atoms with Gasteiger partial charge >= 0.3 is 11.9 Å². The molecule has 19 heteroatoms. The molecule has 0 atom stereocenters. The summed E-state index contributed by atoms with van der Waals surface area (Å²) >= 11 is 0. The molecule has 0 bridgehead atoms. The van der Waals surface area contributed by atoms with Gasteiger partial charge in [-0.3, -0.25) is 9.59 Å². The van der Waals surface area contributed by atoms with Gasteiger partial charge in [-0.05, 0) is 6.42 Å². The van der Waals surface area contributed by atoms with E-state index < -0.39 is 47.2 Å². The van der Waals surface area contributed by atoms with Crippen LogP contribution in [-0.2, 0) is 61.7 Å². The summed E-state index contributed by atoms with van der Waals surface area (Å²) in [6.45, 7) is 9.35. The smallest absolute Gasteiger partial charge is 0.313 e. The first-order valence-electron chi connectivity index (χ1n) is 22.9. The van der Waals surface area contributed by atoms with Gasteiger partial charge in [-0.2, -0.15) is 8.78 Å². The predicted octanol–water partition coefficient (Wildman–Crippen LogP) is 7.87. The number of esters is 2. The quantitative estimate of drug-likeness (QED) is 0.0156. The Morgan fingerprint density at radius 2 is 0.578 bits per heavy atom. The average molecular weight is 935 g/mol. The number of hydrogen-bond donors (Lipinski definition) is 0. The molecule has 1 aromatic rings. The van der Waals surface area contributed by atoms with E-state index in [1.165, 1.54) is 70.6 Å². The summed E-state index contributed by atoms with van der Waals surface area (Å²) in [6, 6.07) is 0. The molecular weight excluding hydrogens is 859 g/mol. The van der Waals surface area contributed by atoms with Gasteiger partial charge in [-0.25, -0.2) is 13.2 Å². The first-order chi connectivity index (χ1) is 31.3. The molecule has 14 nitrogen and oxygen atoms in total. The van der Waals surface area contributed by atoms with Gasteiger partial charge in [-0.15, -0.1) is 0 Å². The molecule has 0 N–H and O–H groups in total. The predicted molar refractivity (Wildman–Crippen MR) is 226 cm³/mol. The number of hydrogen-bond acceptors (Lipinski definition) is 14. The van der Waals surface area contributed by atoms with Crippen LogP contribution < -0.4 is 4.74 Å². The van der Waals surface area contributed by atoms with Crippen molar-refractivity contribution in [3.05, 3.63) is 29.1 Å². The van der Waals surface area contributed by atoms with E-state index in [2.05, 4.69) is 11.7 Å². The average Bonchev–Trinajstić information content (AvgIpc) is 3.29. The van der Waals surface area contributed by atoms with E-state index in [1.54, 1.807) is 0 Å². The summed E-state index contributed by atoms with van der Waals surface area (Å²) in [5, 5.41) is 0. The van der Waals surface area contributed by atoms with Crippen molar-refractivity contribution < 1.29 is 88.4 Å². The maximum Gasteiger partial charge on any atom is 0.313 e. The minimum Gasteiger partial charge on any atom is -0.463 e. The van der Waals surface area contributed by atoms with Crippen LogP contribution in [0.1, 0.15) is 103 Å². The van der Waals surface area contributed by atoms with Gasteiger partial charge in [0.25, 0.3) is 0 Å². The molecule has 1 aromatic carbocycles. The van der Waals surface area contributed by atoms with Crippen LogP contribution in [0.5, 0.6) is 5.75 Å². The number of halogens is 5. The van der Waals surface area contributed by atoms with Crippen molar-refractivity contribution in [3.8, 4) is 5.75 Å². The third-order valence-electron chi connectivity index (χ3n) is 9.16. The highest BCUT2D eigenvalue weighted by Crippen LogP contribution is 2.29. The maximum atomic E-state index is 13.6. The van der Waals surface area contributed by atoms with Crippen molar-refractivity contribution in [1.29, 1.82) is 0 Å². The molecule has 0 unspecified atom stereocenters. The fraction of sp³-hybridized carbons (Fsp3) is 0.822. The van der Waals surface area contributed by atoms with Gasteiger partial charge in [-0.1, -0.05) is 84.0 Å². The lowest BCUT2D eigenvalue weighted by molar-refractivity contribution is -0.145. The number of unbranched alkanes of at least 4 members (excludes halogenated alkanes) is 12. The van der Waals surface area contributed by atoms with Crippen LogP contribution in [0.2, 0.25) is 0 Å². The summed E-state index contributed by atoms with van der Waals surface area (Å²) < 4.78 is 130. The minimum absolute atomic E-state index is 0.0762. The van der Waals surface area contributed by atoms with Crippen molar-refractivity contribution in [3.63, 3.8) is 0 Å². The Labute approximate surface area is 376 Å². The molecule has 1 rings (SSSR count). The molecule has 0 aliphatic heterocycles. The van der Waals surface area contributed by atoms with E-state index in [9.17, 15) is 31.5 Å². The highest BCUT2D eigenvalue weighted by Gasteiger charge is 2.28. The Kier molecular flexibility index (Phi) is 41.1. The second-order valence-electron chi connectivity index (χ2n) is 14.5. The minimum atomic E-state index is -2.35. The van der Waals surface area contributed by atoms with Crippen molar-refractivity contribution in [2.24, 2.45) is 0 Å². The fourth-order valence-electron chi connectivity index (χ4n) is 5.65. The Hall–Kier alpha value is -2.59. The summed E-state index contributed by atoms with van der Waals surface area (Å²) in [5.41, 5.74) is 0. The fourth-order valence-corrected chi connectivity index (χ4v) is 5.65. The normalized spacial score (nSPS) is 11.5. The van der Waals surface area contributed by atoms with E-state index in [0.717, 1.165) is 12.8 Å². The third-order valence-corrected chi connectivity index (χ3v) is 9.16. The van der Waals surface area contributed by atoms with Gasteiger partial charge in [0.15, 0.2) is 0 Å². The summed E-state index contributed by atoms with van der Waals surface area (Å²) in [4.78, 5) is 23.6. The summed E-state index contributed by atoms with van der Waals surface area (Å²) in [7, 11) is 0. The van der Waals surface area contributed by atoms with E-state index in [4.69, 9.17) is 52.1 Å². The number of carbonyl (C=O) groups excluding carboxylic acids is 2. The van der Waals surface area contributed by atoms with Gasteiger partial charge in [0.1, 0.15) is 6.61 Å². The Bertz CT molecular complexity index is 1240. The molecule has 374 valence electrons. The SMILES string of the molecule is CCCCCCCCCCCCCCCC(=O)OCCOCCOCCOCCOCCOCCOCCOCCOCCOCCOCCC(=O)Oc1c(F)c(F)c(F)c(F)c1F. The van der Waals surface area contributed by atoms with Crippen LogP contribution in [0.25, 0.3) is 0 Å². The first-order valence-corrected chi connectivity index (χ1v) is 22.9. The highest BCUT2D eigenvalue weighted by atomic mass is 19.2. The first kappa shape index (κ1) is 59.4. The largest absolute Gasteiger partial charge is 0.463 e. The topological polar surface area (TPSA) is 145 Å². The van der Waals surface area contributed by atoms with Crippen molar-refractivity contribution in [1.82, 2.24) is 0 Å². The lowest BCUT2D eigenvalue weighted by atomic mass is 10.0. The third kappa shape index (κ3) is 34.7. The van der Waals surface area contributed by atoms with Crippen molar-refractivity contribution in [2.45, 2.75) is 103 Å². The molecule has 0 amide bonds. The second-order valence-corrected chi connectivity index (χ2v) is 14.5. The van der Waals surface area contributed by atoms with Crippen LogP contribution in [0.4, 0.5) is 22.0 Å². The molecule has 0 aliphatic rings. The van der Waals surface area contributed by atoms with E-state index >= 15 is 0 Å². The molecule has 0 fully saturated rings. The lowest BCUT2D eigenvalue weighted by Gasteiger charge is -2.09. The zero-order chi connectivity index (χ0) is 46.6. The Morgan fingerprint density at radius 1 is 0.312 bits per heavy atom. The van der Waals surface area contributed by atoms with Crippen LogP contribution in [-0.4, -0.2) is 151 Å². The number of benzene rings is 1. The Balaban J connectivity index is 1.70. The molecular formula is C45H75F5O14. The van der Waals surface area contributed by atoms with Gasteiger partial charge in [0.05, 0.1) is 139 Å². The van der Waals surface area contributed by atoms with Crippen LogP contribution in [0, 0.1) is 29.1 Å². The van der Waals surface area contributed by atoms with E-state index in [0.29, 0.717) is 112 Å².